The second-order valence-electron chi connectivity index (χ2n) is 1.54. The van der Waals surface area contributed by atoms with Gasteiger partial charge in [0.15, 0.2) is 0 Å². The largest absolute Gasteiger partial charge is 0.402 e. The summed E-state index contributed by atoms with van der Waals surface area (Å²) in [6.07, 6.45) is 4.08. The average molecular weight is 99.2 g/mol. The molecule has 7 heavy (non-hydrogen) atoms. The third kappa shape index (κ3) is 3.37. The minimum absolute atomic E-state index is 0.980. The van der Waals surface area contributed by atoms with Crippen LogP contribution in [0.3, 0.4) is 0 Å². The van der Waals surface area contributed by atoms with Crippen LogP contribution in [0.1, 0.15) is 26.7 Å². The molecule has 2 N–H and O–H groups in total. The van der Waals surface area contributed by atoms with Crippen molar-refractivity contribution in [2.75, 3.05) is 0 Å². The summed E-state index contributed by atoms with van der Waals surface area (Å²) in [7, 11) is 0. The lowest BCUT2D eigenvalue weighted by Crippen LogP contribution is -1.92. The summed E-state index contributed by atoms with van der Waals surface area (Å²) < 4.78 is 0. The zero-order chi connectivity index (χ0) is 5.70. The first-order valence-electron chi connectivity index (χ1n) is 2.75. The summed E-state index contributed by atoms with van der Waals surface area (Å²) >= 11 is 0. The summed E-state index contributed by atoms with van der Waals surface area (Å²) in [6.45, 7) is 4.14. The maximum absolute atomic E-state index is 5.44. The third-order valence-corrected chi connectivity index (χ3v) is 0.875. The zero-order valence-corrected chi connectivity index (χ0v) is 5.07. The van der Waals surface area contributed by atoms with Gasteiger partial charge in [-0.1, -0.05) is 19.9 Å². The maximum Gasteiger partial charge on any atom is 0.00370 e. The normalized spacial score (nSPS) is 12.0. The summed E-state index contributed by atoms with van der Waals surface area (Å²) in [4.78, 5) is 0. The lowest BCUT2D eigenvalue weighted by molar-refractivity contribution is 1.03. The predicted molar refractivity (Wildman–Crippen MR) is 32.9 cm³/mol. The molecular weight excluding hydrogens is 86.1 g/mol. The second kappa shape index (κ2) is 3.72. The van der Waals surface area contributed by atoms with E-state index in [9.17, 15) is 0 Å². The van der Waals surface area contributed by atoms with Crippen molar-refractivity contribution in [2.24, 2.45) is 5.73 Å². The van der Waals surface area contributed by atoms with E-state index in [2.05, 4.69) is 13.8 Å². The first-order chi connectivity index (χ1) is 3.31. The Morgan fingerprint density at radius 3 is 2.29 bits per heavy atom. The predicted octanol–water partition coefficient (Wildman–Crippen LogP) is 1.65. The van der Waals surface area contributed by atoms with Gasteiger partial charge < -0.3 is 5.73 Å². The van der Waals surface area contributed by atoms with Crippen LogP contribution < -0.4 is 5.73 Å². The smallest absolute Gasteiger partial charge is 0.00370 e. The molecule has 0 atom stereocenters. The van der Waals surface area contributed by atoms with Gasteiger partial charge >= 0.3 is 0 Å². The van der Waals surface area contributed by atoms with Crippen molar-refractivity contribution in [2.45, 2.75) is 26.7 Å². The molecule has 0 aromatic carbocycles. The Morgan fingerprint density at radius 1 is 1.57 bits per heavy atom. The molecule has 0 aliphatic carbocycles. The van der Waals surface area contributed by atoms with Gasteiger partial charge in [0.2, 0.25) is 0 Å². The number of nitrogens with two attached hydrogens (primary N) is 1. The topological polar surface area (TPSA) is 26.0 Å². The highest BCUT2D eigenvalue weighted by molar-refractivity contribution is 4.93. The lowest BCUT2D eigenvalue weighted by atomic mass is 10.3. The molecule has 0 aromatic rings. The molecule has 0 saturated heterocycles. The molecule has 0 radical (unpaired) electrons. The van der Waals surface area contributed by atoms with Crippen molar-refractivity contribution in [3.63, 3.8) is 0 Å². The van der Waals surface area contributed by atoms with E-state index in [-0.39, 0.29) is 0 Å². The lowest BCUT2D eigenvalue weighted by Gasteiger charge is -1.89. The minimum atomic E-state index is 0.980. The molecule has 0 rings (SSSR count). The van der Waals surface area contributed by atoms with Crippen LogP contribution in [0.15, 0.2) is 11.8 Å². The Kier molecular flexibility index (Phi) is 3.48. The van der Waals surface area contributed by atoms with E-state index in [0.29, 0.717) is 0 Å². The first kappa shape index (κ1) is 6.54. The van der Waals surface area contributed by atoms with Crippen molar-refractivity contribution >= 4 is 0 Å². The molecule has 1 nitrogen and oxygen atoms in total. The van der Waals surface area contributed by atoms with Crippen molar-refractivity contribution < 1.29 is 0 Å². The van der Waals surface area contributed by atoms with Gasteiger partial charge in [-0.2, -0.15) is 0 Å². The quantitative estimate of drug-likeness (QED) is 0.559. The fourth-order valence-corrected chi connectivity index (χ4v) is 0.407. The first-order valence-corrected chi connectivity index (χ1v) is 2.75. The van der Waals surface area contributed by atoms with E-state index < -0.39 is 0 Å². The fraction of sp³-hybridized carbons (Fsp3) is 0.667. The Balaban J connectivity index is 3.29. The SMILES string of the molecule is CC/C=C(\N)CC. The van der Waals surface area contributed by atoms with Crippen LogP contribution in [0.2, 0.25) is 0 Å². The van der Waals surface area contributed by atoms with Crippen molar-refractivity contribution in [3.8, 4) is 0 Å². The van der Waals surface area contributed by atoms with Gasteiger partial charge in [-0.05, 0) is 12.8 Å². The maximum atomic E-state index is 5.44. The minimum Gasteiger partial charge on any atom is -0.402 e. The van der Waals surface area contributed by atoms with Crippen molar-refractivity contribution in [3.05, 3.63) is 11.8 Å². The van der Waals surface area contributed by atoms with Gasteiger partial charge in [-0.3, -0.25) is 0 Å². The standard InChI is InChI=1S/C6H13N/c1-3-5-6(7)4-2/h5H,3-4,7H2,1-2H3/b6-5-. The molecule has 0 saturated carbocycles. The monoisotopic (exact) mass is 99.1 g/mol. The molecule has 0 aromatic heterocycles. The van der Waals surface area contributed by atoms with Gasteiger partial charge in [0.25, 0.3) is 0 Å². The van der Waals surface area contributed by atoms with Crippen molar-refractivity contribution in [1.82, 2.24) is 0 Å². The van der Waals surface area contributed by atoms with E-state index in [4.69, 9.17) is 5.73 Å². The Hall–Kier alpha value is -0.460. The number of hydrogen-bond donors (Lipinski definition) is 1. The van der Waals surface area contributed by atoms with Crippen LogP contribution in [0.5, 0.6) is 0 Å². The van der Waals surface area contributed by atoms with Gasteiger partial charge in [-0.15, -0.1) is 0 Å². The Morgan fingerprint density at radius 2 is 2.14 bits per heavy atom. The average Bonchev–Trinajstić information content (AvgIpc) is 1.68. The molecule has 0 fully saturated rings. The van der Waals surface area contributed by atoms with Crippen LogP contribution in [0.4, 0.5) is 0 Å². The summed E-state index contributed by atoms with van der Waals surface area (Å²) in [5.41, 5.74) is 6.45. The molecule has 0 bridgehead atoms. The van der Waals surface area contributed by atoms with E-state index in [0.717, 1.165) is 18.5 Å². The number of hydrogen-bond acceptors (Lipinski definition) is 1. The van der Waals surface area contributed by atoms with Crippen LogP contribution >= 0.6 is 0 Å². The zero-order valence-electron chi connectivity index (χ0n) is 5.07. The number of allylic oxidation sites excluding steroid dienone is 2. The van der Waals surface area contributed by atoms with Gasteiger partial charge in [0.05, 0.1) is 0 Å². The van der Waals surface area contributed by atoms with Crippen LogP contribution in [-0.2, 0) is 0 Å². The molecule has 0 unspecified atom stereocenters. The summed E-state index contributed by atoms with van der Waals surface area (Å²) in [5.74, 6) is 0. The highest BCUT2D eigenvalue weighted by Gasteiger charge is 1.77. The van der Waals surface area contributed by atoms with Crippen molar-refractivity contribution in [1.29, 1.82) is 0 Å². The van der Waals surface area contributed by atoms with Gasteiger partial charge in [0.1, 0.15) is 0 Å². The van der Waals surface area contributed by atoms with E-state index in [1.54, 1.807) is 0 Å². The van der Waals surface area contributed by atoms with E-state index in [1.807, 2.05) is 6.08 Å². The molecule has 1 heteroatoms. The molecule has 42 valence electrons. The highest BCUT2D eigenvalue weighted by Crippen LogP contribution is 1.90. The molecule has 0 aliphatic rings. The summed E-state index contributed by atoms with van der Waals surface area (Å²) in [5, 5.41) is 0. The molecule has 0 aliphatic heterocycles. The fourth-order valence-electron chi connectivity index (χ4n) is 0.407. The van der Waals surface area contributed by atoms with Crippen LogP contribution in [-0.4, -0.2) is 0 Å². The number of rotatable bonds is 2. The summed E-state index contributed by atoms with van der Waals surface area (Å²) in [6, 6.07) is 0. The Bertz CT molecular complexity index is 64.6. The highest BCUT2D eigenvalue weighted by atomic mass is 14.6. The van der Waals surface area contributed by atoms with Crippen LogP contribution in [0, 0.1) is 0 Å². The van der Waals surface area contributed by atoms with Crippen LogP contribution in [0.25, 0.3) is 0 Å². The van der Waals surface area contributed by atoms with E-state index >= 15 is 0 Å². The van der Waals surface area contributed by atoms with Gasteiger partial charge in [-0.25, -0.2) is 0 Å². The molecule has 0 amide bonds. The Labute approximate surface area is 45.2 Å². The molecular formula is C6H13N. The molecule has 0 spiro atoms. The van der Waals surface area contributed by atoms with Gasteiger partial charge in [0, 0.05) is 5.70 Å². The van der Waals surface area contributed by atoms with E-state index in [1.165, 1.54) is 0 Å². The third-order valence-electron chi connectivity index (χ3n) is 0.875. The molecule has 0 heterocycles. The second-order valence-corrected chi connectivity index (χ2v) is 1.54.